The molecule has 3 heterocycles. The molecule has 13 heteroatoms. The number of aromatic nitrogens is 1. The predicted molar refractivity (Wildman–Crippen MR) is 210 cm³/mol. The molecule has 57 heavy (non-hydrogen) atoms. The largest absolute Gasteiger partial charge is 0.478 e. The van der Waals surface area contributed by atoms with Crippen LogP contribution in [-0.2, 0) is 43.6 Å². The van der Waals surface area contributed by atoms with Crippen LogP contribution in [-0.4, -0.2) is 61.9 Å². The van der Waals surface area contributed by atoms with Crippen LogP contribution in [0.3, 0.4) is 0 Å². The van der Waals surface area contributed by atoms with Gasteiger partial charge in [-0.05, 0) is 45.5 Å². The molecule has 5 atom stereocenters. The highest BCUT2D eigenvalue weighted by atomic mass is 32.2. The van der Waals surface area contributed by atoms with E-state index < -0.39 is 36.2 Å². The lowest BCUT2D eigenvalue weighted by Gasteiger charge is -2.41. The molecule has 1 aromatic heterocycles. The van der Waals surface area contributed by atoms with Crippen LogP contribution in [0.1, 0.15) is 63.9 Å². The first kappa shape index (κ1) is 39.4. The van der Waals surface area contributed by atoms with E-state index in [0.29, 0.717) is 10.8 Å². The van der Waals surface area contributed by atoms with Crippen molar-refractivity contribution in [3.8, 4) is 11.1 Å². The Hall–Kier alpha value is -5.86. The lowest BCUT2D eigenvalue weighted by molar-refractivity contribution is -0.268. The lowest BCUT2D eigenvalue weighted by Crippen LogP contribution is -2.41. The number of amides is 3. The Morgan fingerprint density at radius 3 is 2.33 bits per heavy atom. The number of thioether (sulfide) groups is 1. The van der Waals surface area contributed by atoms with Gasteiger partial charge in [-0.1, -0.05) is 110 Å². The molecule has 2 fully saturated rings. The Bertz CT molecular complexity index is 2220. The van der Waals surface area contributed by atoms with Crippen LogP contribution >= 0.6 is 11.8 Å². The van der Waals surface area contributed by atoms with Crippen molar-refractivity contribution < 1.29 is 43.6 Å². The van der Waals surface area contributed by atoms with Crippen molar-refractivity contribution in [3.05, 3.63) is 155 Å². The first-order valence-electron chi connectivity index (χ1n) is 18.5. The average Bonchev–Trinajstić information content (AvgIpc) is 3.50. The van der Waals surface area contributed by atoms with Crippen molar-refractivity contribution >= 4 is 35.6 Å². The number of carboxylic acids is 1. The van der Waals surface area contributed by atoms with Gasteiger partial charge in [0.1, 0.15) is 17.7 Å². The summed E-state index contributed by atoms with van der Waals surface area (Å²) in [5.41, 5.74) is 5.80. The normalized spacial score (nSPS) is 20.7. The number of pyridine rings is 1. The van der Waals surface area contributed by atoms with E-state index in [2.05, 4.69) is 10.3 Å². The number of hydrogen-bond donors (Lipinski definition) is 3. The van der Waals surface area contributed by atoms with Crippen molar-refractivity contribution in [3.63, 3.8) is 0 Å². The Morgan fingerprint density at radius 2 is 1.60 bits per heavy atom. The fourth-order valence-electron chi connectivity index (χ4n) is 6.94. The summed E-state index contributed by atoms with van der Waals surface area (Å²) >= 11 is 1.32. The second kappa shape index (κ2) is 17.9. The van der Waals surface area contributed by atoms with E-state index in [0.717, 1.165) is 43.8 Å². The van der Waals surface area contributed by atoms with Crippen LogP contribution in [0, 0.1) is 5.92 Å². The zero-order chi connectivity index (χ0) is 39.9. The number of nitrogens with one attached hydrogen (secondary N) is 1. The van der Waals surface area contributed by atoms with Gasteiger partial charge in [0, 0.05) is 23.4 Å². The summed E-state index contributed by atoms with van der Waals surface area (Å²) in [7, 11) is 0. The van der Waals surface area contributed by atoms with Crippen LogP contribution in [0.2, 0.25) is 0 Å². The Balaban J connectivity index is 1.06. The van der Waals surface area contributed by atoms with Crippen LogP contribution in [0.4, 0.5) is 4.79 Å². The predicted octanol–water partition coefficient (Wildman–Crippen LogP) is 7.08. The van der Waals surface area contributed by atoms with E-state index >= 15 is 0 Å². The van der Waals surface area contributed by atoms with Gasteiger partial charge in [-0.2, -0.15) is 0 Å². The standard InChI is InChI=1S/C44H41N3O9S/c1-27-37(26-57-40-35(42(51)52)12-7-21-45-40)55-43(56-39(27)31-15-13-28(24-48)14-16-31)32-19-17-30(18-20-32)34-11-6-5-10-33(34)23-47-38(49)22-36(41(47)50)46-44(53)54-25-29-8-3-2-4-9-29/h2-21,27,36-37,39,43,48H,22-26H2,1H3,(H,46,53)(H,51,52)/t27-,36?,37+,39+,43+/m1/s1. The zero-order valence-electron chi connectivity index (χ0n) is 31.0. The smallest absolute Gasteiger partial charge is 0.408 e. The summed E-state index contributed by atoms with van der Waals surface area (Å²) in [5.74, 6) is -1.64. The molecule has 4 aromatic carbocycles. The second-order valence-electron chi connectivity index (χ2n) is 13.9. The summed E-state index contributed by atoms with van der Waals surface area (Å²) in [6.45, 7) is 2.02. The maximum atomic E-state index is 13.3. The van der Waals surface area contributed by atoms with Crippen LogP contribution in [0.5, 0.6) is 0 Å². The number of ether oxygens (including phenoxy) is 3. The molecular formula is C44H41N3O9S. The van der Waals surface area contributed by atoms with Crippen LogP contribution in [0.15, 0.2) is 126 Å². The van der Waals surface area contributed by atoms with Crippen molar-refractivity contribution in [2.75, 3.05) is 5.75 Å². The third-order valence-electron chi connectivity index (χ3n) is 10.1. The first-order chi connectivity index (χ1) is 27.7. The third-order valence-corrected chi connectivity index (χ3v) is 11.2. The molecule has 0 spiro atoms. The van der Waals surface area contributed by atoms with Gasteiger partial charge in [-0.25, -0.2) is 14.6 Å². The number of aliphatic hydroxyl groups excluding tert-OH is 1. The van der Waals surface area contributed by atoms with Gasteiger partial charge < -0.3 is 29.7 Å². The summed E-state index contributed by atoms with van der Waals surface area (Å²) in [6, 6.07) is 34.1. The number of carbonyl (C=O) groups is 4. The van der Waals surface area contributed by atoms with Gasteiger partial charge in [0.05, 0.1) is 37.3 Å². The van der Waals surface area contributed by atoms with Gasteiger partial charge >= 0.3 is 12.1 Å². The Morgan fingerprint density at radius 1 is 0.877 bits per heavy atom. The summed E-state index contributed by atoms with van der Waals surface area (Å²) in [6.07, 6.45) is -0.845. The van der Waals surface area contributed by atoms with E-state index in [1.807, 2.05) is 110 Å². The molecule has 2 aliphatic heterocycles. The molecule has 2 saturated heterocycles. The monoisotopic (exact) mass is 787 g/mol. The zero-order valence-corrected chi connectivity index (χ0v) is 31.8. The fourth-order valence-corrected chi connectivity index (χ4v) is 8.09. The molecule has 2 aliphatic rings. The van der Waals surface area contributed by atoms with Gasteiger partial charge in [0.2, 0.25) is 5.91 Å². The molecule has 0 radical (unpaired) electrons. The number of imide groups is 1. The molecule has 0 aliphatic carbocycles. The highest BCUT2D eigenvalue weighted by Crippen LogP contribution is 2.43. The number of carbonyl (C=O) groups excluding carboxylic acids is 3. The summed E-state index contributed by atoms with van der Waals surface area (Å²) < 4.78 is 18.5. The quantitative estimate of drug-likeness (QED) is 0.0826. The van der Waals surface area contributed by atoms with Crippen molar-refractivity contribution in [2.24, 2.45) is 5.92 Å². The first-order valence-corrected chi connectivity index (χ1v) is 19.5. The Kier molecular flexibility index (Phi) is 12.4. The SMILES string of the molecule is C[C@@H]1[C@H](CSc2ncccc2C(=O)O)O[C@H](c2ccc(-c3ccccc3CN3C(=O)CC(NC(=O)OCc4ccccc4)C3=O)cc2)O[C@@H]1c1ccc(CO)cc1. The van der Waals surface area contributed by atoms with Crippen LogP contribution < -0.4 is 5.32 Å². The molecule has 1 unspecified atom stereocenters. The molecule has 3 N–H and O–H groups in total. The number of hydrogen-bond acceptors (Lipinski definition) is 10. The maximum absolute atomic E-state index is 13.3. The molecule has 5 aromatic rings. The van der Waals surface area contributed by atoms with Gasteiger partial charge in [0.15, 0.2) is 6.29 Å². The van der Waals surface area contributed by atoms with E-state index in [1.54, 1.807) is 12.3 Å². The maximum Gasteiger partial charge on any atom is 0.408 e. The highest BCUT2D eigenvalue weighted by Gasteiger charge is 2.41. The number of likely N-dealkylation sites (tertiary alicyclic amines) is 1. The van der Waals surface area contributed by atoms with Gasteiger partial charge in [-0.15, -0.1) is 11.8 Å². The van der Waals surface area contributed by atoms with Crippen molar-refractivity contribution in [2.45, 2.75) is 62.7 Å². The van der Waals surface area contributed by atoms with E-state index in [4.69, 9.17) is 14.2 Å². The Labute approximate surface area is 333 Å². The summed E-state index contributed by atoms with van der Waals surface area (Å²) in [5, 5.41) is 22.3. The number of alkyl carbamates (subject to hydrolysis) is 1. The lowest BCUT2D eigenvalue weighted by atomic mass is 9.91. The van der Waals surface area contributed by atoms with Gasteiger partial charge in [-0.3, -0.25) is 14.5 Å². The van der Waals surface area contributed by atoms with Gasteiger partial charge in [0.25, 0.3) is 5.91 Å². The minimum Gasteiger partial charge on any atom is -0.478 e. The molecule has 3 amide bonds. The molecule has 292 valence electrons. The number of carboxylic acid groups (broad SMARTS) is 1. The highest BCUT2D eigenvalue weighted by molar-refractivity contribution is 7.99. The number of aliphatic hydroxyl groups is 1. The number of nitrogens with zero attached hydrogens (tertiary/aromatic N) is 2. The number of benzene rings is 4. The fraction of sp³-hybridized carbons (Fsp3) is 0.250. The minimum absolute atomic E-state index is 0.0233. The third kappa shape index (κ3) is 9.24. The molecule has 0 saturated carbocycles. The molecular weight excluding hydrogens is 747 g/mol. The van der Waals surface area contributed by atoms with E-state index in [9.17, 15) is 29.4 Å². The number of rotatable bonds is 13. The van der Waals surface area contributed by atoms with Crippen molar-refractivity contribution in [1.29, 1.82) is 0 Å². The molecule has 7 rings (SSSR count). The second-order valence-corrected chi connectivity index (χ2v) is 14.9. The summed E-state index contributed by atoms with van der Waals surface area (Å²) in [4.78, 5) is 56.2. The minimum atomic E-state index is -1.05. The van der Waals surface area contributed by atoms with Crippen LogP contribution in [0.25, 0.3) is 11.1 Å². The van der Waals surface area contributed by atoms with E-state index in [-0.39, 0.29) is 49.9 Å². The molecule has 12 nitrogen and oxygen atoms in total. The van der Waals surface area contributed by atoms with Crippen molar-refractivity contribution in [1.82, 2.24) is 15.2 Å². The average molecular weight is 788 g/mol. The molecule has 0 bridgehead atoms. The topological polar surface area (TPSA) is 165 Å². The van der Waals surface area contributed by atoms with E-state index in [1.165, 1.54) is 17.8 Å². The number of aromatic carboxylic acids is 1.